The van der Waals surface area contributed by atoms with E-state index in [1.165, 1.54) is 0 Å². The molecule has 0 aliphatic heterocycles. The molecular formula is C22H26ClNO3. The highest BCUT2D eigenvalue weighted by Crippen LogP contribution is 2.37. The number of carbonyl (C=O) groups excluding carboxylic acids is 1. The number of benzene rings is 2. The molecule has 0 saturated heterocycles. The number of carbonyl (C=O) groups is 1. The van der Waals surface area contributed by atoms with Crippen molar-refractivity contribution < 1.29 is 14.6 Å². The Balaban J connectivity index is 1.87. The van der Waals surface area contributed by atoms with Crippen molar-refractivity contribution in [1.29, 1.82) is 0 Å². The maximum atomic E-state index is 13.2. The highest BCUT2D eigenvalue weighted by molar-refractivity contribution is 6.30. The molecule has 1 unspecified atom stereocenters. The van der Waals surface area contributed by atoms with Crippen LogP contribution in [0.2, 0.25) is 0 Å². The first-order chi connectivity index (χ1) is 13.1. The molecule has 0 radical (unpaired) electrons. The molecule has 2 aromatic rings. The second-order valence-electron chi connectivity index (χ2n) is 6.92. The third-order valence-corrected chi connectivity index (χ3v) is 5.64. The van der Waals surface area contributed by atoms with Crippen LogP contribution < -0.4 is 4.74 Å². The lowest BCUT2D eigenvalue weighted by atomic mass is 9.84. The van der Waals surface area contributed by atoms with Crippen molar-refractivity contribution in [1.82, 2.24) is 4.90 Å². The molecule has 2 aromatic carbocycles. The standard InChI is InChI=1S/C22H26ClNO3/c1-3-13-24(22(26)20(23)16-7-5-4-6-8-16)19-12-10-15-9-11-17(27-2)14-18(15)21(19)25/h4-9,11,14,19-21,25H,3,10,12-13H2,1-2H3/t19-,20?,21-/m1/s1. The van der Waals surface area contributed by atoms with Gasteiger partial charge in [0, 0.05) is 6.54 Å². The smallest absolute Gasteiger partial charge is 0.245 e. The zero-order valence-corrected chi connectivity index (χ0v) is 16.5. The predicted molar refractivity (Wildman–Crippen MR) is 107 cm³/mol. The van der Waals surface area contributed by atoms with Crippen LogP contribution in [0.15, 0.2) is 48.5 Å². The van der Waals surface area contributed by atoms with Crippen LogP contribution in [0.25, 0.3) is 0 Å². The monoisotopic (exact) mass is 387 g/mol. The van der Waals surface area contributed by atoms with Crippen LogP contribution in [0, 0.1) is 0 Å². The van der Waals surface area contributed by atoms with E-state index in [9.17, 15) is 9.90 Å². The summed E-state index contributed by atoms with van der Waals surface area (Å²) in [5, 5.41) is 10.3. The van der Waals surface area contributed by atoms with Crippen LogP contribution in [-0.4, -0.2) is 35.6 Å². The largest absolute Gasteiger partial charge is 0.497 e. The van der Waals surface area contributed by atoms with Crippen LogP contribution in [0.5, 0.6) is 5.75 Å². The van der Waals surface area contributed by atoms with Crippen molar-refractivity contribution in [3.8, 4) is 5.75 Å². The van der Waals surface area contributed by atoms with Crippen molar-refractivity contribution in [2.24, 2.45) is 0 Å². The van der Waals surface area contributed by atoms with Crippen LogP contribution in [0.4, 0.5) is 0 Å². The van der Waals surface area contributed by atoms with Crippen LogP contribution in [0.1, 0.15) is 47.9 Å². The highest BCUT2D eigenvalue weighted by atomic mass is 35.5. The van der Waals surface area contributed by atoms with Gasteiger partial charge in [-0.1, -0.05) is 43.3 Å². The van der Waals surface area contributed by atoms with Gasteiger partial charge < -0.3 is 14.7 Å². The van der Waals surface area contributed by atoms with Gasteiger partial charge in [0.2, 0.25) is 5.91 Å². The van der Waals surface area contributed by atoms with E-state index in [1.807, 2.05) is 55.5 Å². The lowest BCUT2D eigenvalue weighted by Gasteiger charge is -2.39. The fraction of sp³-hybridized carbons (Fsp3) is 0.409. The molecule has 1 aliphatic carbocycles. The minimum absolute atomic E-state index is 0.153. The zero-order chi connectivity index (χ0) is 19.4. The van der Waals surface area contributed by atoms with E-state index < -0.39 is 11.5 Å². The Bertz CT molecular complexity index is 780. The van der Waals surface area contributed by atoms with E-state index in [1.54, 1.807) is 12.0 Å². The van der Waals surface area contributed by atoms with Gasteiger partial charge in [-0.3, -0.25) is 4.79 Å². The number of aliphatic hydroxyl groups is 1. The van der Waals surface area contributed by atoms with Crippen LogP contribution in [0.3, 0.4) is 0 Å². The summed E-state index contributed by atoms with van der Waals surface area (Å²) >= 11 is 6.51. The summed E-state index contributed by atoms with van der Waals surface area (Å²) in [6.07, 6.45) is 1.58. The Morgan fingerprint density at radius 2 is 2.04 bits per heavy atom. The number of amides is 1. The van der Waals surface area contributed by atoms with Crippen molar-refractivity contribution in [2.45, 2.75) is 43.7 Å². The number of aliphatic hydroxyl groups excluding tert-OH is 1. The molecular weight excluding hydrogens is 362 g/mol. The van der Waals surface area contributed by atoms with Crippen molar-refractivity contribution in [2.75, 3.05) is 13.7 Å². The fourth-order valence-electron chi connectivity index (χ4n) is 3.79. The number of nitrogens with zero attached hydrogens (tertiary/aromatic N) is 1. The van der Waals surface area contributed by atoms with E-state index in [0.29, 0.717) is 18.7 Å². The van der Waals surface area contributed by atoms with Gasteiger partial charge in [0.05, 0.1) is 19.3 Å². The third kappa shape index (κ3) is 4.12. The number of methoxy groups -OCH3 is 1. The van der Waals surface area contributed by atoms with Crippen LogP contribution >= 0.6 is 11.6 Å². The van der Waals surface area contributed by atoms with Gasteiger partial charge in [0.1, 0.15) is 11.1 Å². The molecule has 27 heavy (non-hydrogen) atoms. The molecule has 5 heteroatoms. The molecule has 0 aromatic heterocycles. The first-order valence-corrected chi connectivity index (χ1v) is 9.84. The van der Waals surface area contributed by atoms with Gasteiger partial charge in [-0.15, -0.1) is 11.6 Å². The number of hydrogen-bond donors (Lipinski definition) is 1. The molecule has 4 nitrogen and oxygen atoms in total. The Morgan fingerprint density at radius 1 is 1.30 bits per heavy atom. The zero-order valence-electron chi connectivity index (χ0n) is 15.8. The lowest BCUT2D eigenvalue weighted by Crippen LogP contribution is -2.47. The third-order valence-electron chi connectivity index (χ3n) is 5.20. The van der Waals surface area contributed by atoms with Crippen molar-refractivity contribution in [3.63, 3.8) is 0 Å². The predicted octanol–water partition coefficient (Wildman–Crippen LogP) is 4.26. The highest BCUT2D eigenvalue weighted by Gasteiger charge is 2.36. The average Bonchev–Trinajstić information content (AvgIpc) is 2.72. The molecule has 0 saturated carbocycles. The molecule has 0 fully saturated rings. The molecule has 0 spiro atoms. The summed E-state index contributed by atoms with van der Waals surface area (Å²) in [6.45, 7) is 2.59. The second kappa shape index (κ2) is 8.77. The maximum absolute atomic E-state index is 13.2. The Kier molecular flexibility index (Phi) is 6.40. The summed E-state index contributed by atoms with van der Waals surface area (Å²) < 4.78 is 5.30. The Morgan fingerprint density at radius 3 is 2.70 bits per heavy atom. The first kappa shape index (κ1) is 19.7. The summed E-state index contributed by atoms with van der Waals surface area (Å²) in [6, 6.07) is 14.8. The van der Waals surface area contributed by atoms with Gasteiger partial charge in [-0.05, 0) is 48.1 Å². The Labute approximate surface area is 165 Å². The second-order valence-corrected chi connectivity index (χ2v) is 7.36. The average molecular weight is 388 g/mol. The van der Waals surface area contributed by atoms with Gasteiger partial charge in [-0.2, -0.15) is 0 Å². The molecule has 0 bridgehead atoms. The molecule has 1 aliphatic rings. The number of aryl methyl sites for hydroxylation is 1. The normalized spacial score (nSPS) is 19.9. The van der Waals surface area contributed by atoms with E-state index >= 15 is 0 Å². The quantitative estimate of drug-likeness (QED) is 0.753. The SMILES string of the molecule is CCCN(C(=O)C(Cl)c1ccccc1)[C@@H]1CCc2ccc(OC)cc2[C@H]1O. The number of rotatable bonds is 6. The van der Waals surface area contributed by atoms with E-state index in [0.717, 1.165) is 29.5 Å². The number of halogens is 1. The number of ether oxygens (including phenoxy) is 1. The summed E-state index contributed by atoms with van der Waals surface area (Å²) in [7, 11) is 1.61. The first-order valence-electron chi connectivity index (χ1n) is 9.41. The number of alkyl halides is 1. The van der Waals surface area contributed by atoms with Gasteiger partial charge in [-0.25, -0.2) is 0 Å². The number of hydrogen-bond acceptors (Lipinski definition) is 3. The summed E-state index contributed by atoms with van der Waals surface area (Å²) in [5.74, 6) is 0.557. The maximum Gasteiger partial charge on any atom is 0.245 e. The number of fused-ring (bicyclic) bond motifs is 1. The minimum Gasteiger partial charge on any atom is -0.497 e. The van der Waals surface area contributed by atoms with Crippen molar-refractivity contribution >= 4 is 17.5 Å². The fourth-order valence-corrected chi connectivity index (χ4v) is 4.06. The van der Waals surface area contributed by atoms with Gasteiger partial charge in [0.25, 0.3) is 0 Å². The van der Waals surface area contributed by atoms with Crippen LogP contribution in [-0.2, 0) is 11.2 Å². The molecule has 1 amide bonds. The Hall–Kier alpha value is -2.04. The van der Waals surface area contributed by atoms with E-state index in [2.05, 4.69) is 0 Å². The van der Waals surface area contributed by atoms with E-state index in [4.69, 9.17) is 16.3 Å². The topological polar surface area (TPSA) is 49.8 Å². The van der Waals surface area contributed by atoms with E-state index in [-0.39, 0.29) is 11.9 Å². The molecule has 1 N–H and O–H groups in total. The summed E-state index contributed by atoms with van der Waals surface area (Å²) in [4.78, 5) is 14.9. The van der Waals surface area contributed by atoms with Gasteiger partial charge in [0.15, 0.2) is 0 Å². The van der Waals surface area contributed by atoms with Gasteiger partial charge >= 0.3 is 0 Å². The lowest BCUT2D eigenvalue weighted by molar-refractivity contribution is -0.136. The van der Waals surface area contributed by atoms with Crippen molar-refractivity contribution in [3.05, 3.63) is 65.2 Å². The molecule has 3 atom stereocenters. The minimum atomic E-state index is -0.753. The molecule has 0 heterocycles. The molecule has 144 valence electrons. The molecule has 3 rings (SSSR count). The summed E-state index contributed by atoms with van der Waals surface area (Å²) in [5.41, 5.74) is 2.72.